The van der Waals surface area contributed by atoms with Crippen LogP contribution in [0.15, 0.2) is 0 Å². The lowest BCUT2D eigenvalue weighted by atomic mass is 9.89. The average Bonchev–Trinajstić information content (AvgIpc) is 3.33. The van der Waals surface area contributed by atoms with Gasteiger partial charge in [0.25, 0.3) is 0 Å². The molecule has 0 aromatic rings. The molecular formula is C51H96N4O13. The molecule has 0 saturated carbocycles. The summed E-state index contributed by atoms with van der Waals surface area (Å²) in [6.45, 7) is 7.63. The third-order valence-electron chi connectivity index (χ3n) is 13.3. The Morgan fingerprint density at radius 3 is 1.46 bits per heavy atom. The first-order valence-corrected chi connectivity index (χ1v) is 26.2. The van der Waals surface area contributed by atoms with Crippen molar-refractivity contribution >= 4 is 23.6 Å². The van der Waals surface area contributed by atoms with E-state index in [9.17, 15) is 19.2 Å². The minimum Gasteiger partial charge on any atom is -0.382 e. The van der Waals surface area contributed by atoms with Crippen LogP contribution in [0.5, 0.6) is 0 Å². The second kappa shape index (κ2) is 38.2. The van der Waals surface area contributed by atoms with E-state index < -0.39 is 73.2 Å². The molecule has 0 radical (unpaired) electrons. The molecule has 0 aromatic heterocycles. The number of nitrogens with one attached hydrogen (secondary N) is 4. The summed E-state index contributed by atoms with van der Waals surface area (Å²) in [6.07, 6.45) is 17.1. The van der Waals surface area contributed by atoms with E-state index in [1.54, 1.807) is 28.4 Å². The van der Waals surface area contributed by atoms with Crippen LogP contribution in [-0.4, -0.2) is 154 Å². The maximum absolute atomic E-state index is 13.4. The Balaban J connectivity index is 1.97. The second-order valence-corrected chi connectivity index (χ2v) is 18.7. The van der Waals surface area contributed by atoms with Crippen LogP contribution < -0.4 is 21.3 Å². The summed E-state index contributed by atoms with van der Waals surface area (Å²) in [6, 6.07) is -1.06. The van der Waals surface area contributed by atoms with E-state index in [0.717, 1.165) is 38.5 Å². The van der Waals surface area contributed by atoms with Crippen LogP contribution in [-0.2, 0) is 61.8 Å². The summed E-state index contributed by atoms with van der Waals surface area (Å²) in [7, 11) is 9.29. The minimum atomic E-state index is -1.06. The highest BCUT2D eigenvalue weighted by Crippen LogP contribution is 2.35. The van der Waals surface area contributed by atoms with Crippen LogP contribution in [0.2, 0.25) is 0 Å². The van der Waals surface area contributed by atoms with Crippen molar-refractivity contribution < 1.29 is 61.8 Å². The highest BCUT2D eigenvalue weighted by Gasteiger charge is 2.52. The number of hydrogen-bond acceptors (Lipinski definition) is 13. The van der Waals surface area contributed by atoms with E-state index in [2.05, 4.69) is 35.1 Å². The molecule has 0 spiro atoms. The van der Waals surface area contributed by atoms with Gasteiger partial charge < -0.3 is 63.9 Å². The predicted molar refractivity (Wildman–Crippen MR) is 262 cm³/mol. The van der Waals surface area contributed by atoms with E-state index in [-0.39, 0.29) is 50.1 Å². The Morgan fingerprint density at radius 1 is 0.485 bits per heavy atom. The monoisotopic (exact) mass is 973 g/mol. The Labute approximate surface area is 410 Å². The molecule has 68 heavy (non-hydrogen) atoms. The standard InChI is InChI=1S/C51H96N4O13/c1-10-12-14-16-18-20-22-24-26-28-32-52-43(58)34-38(49(59)53-33-29-27-25-23-21-19-17-15-13-11-2)55-42(57)31-30-41(56)54-35-39-37(3)44(61-5)47(63-7)51(66-39)68-45-40(36-60-4)67-50(65-9)48(64-8)46(45)62-6/h37-40,44-48,50-51H,10-36H2,1-9H3,(H,52,58)(H,53,59)(H,54,56)(H,55,57)/t37-,38+,39?,40?,44+,45-,46+,47?,48?,50+,51-/m1/s1. The second-order valence-electron chi connectivity index (χ2n) is 18.7. The molecule has 17 nitrogen and oxygen atoms in total. The number of carbonyl (C=O) groups excluding carboxylic acids is 4. The van der Waals surface area contributed by atoms with Crippen molar-refractivity contribution in [2.75, 3.05) is 68.9 Å². The third kappa shape index (κ3) is 23.6. The summed E-state index contributed by atoms with van der Waals surface area (Å²) in [4.78, 5) is 53.0. The lowest BCUT2D eigenvalue weighted by molar-refractivity contribution is -0.358. The summed E-state index contributed by atoms with van der Waals surface area (Å²) >= 11 is 0. The van der Waals surface area contributed by atoms with Crippen molar-refractivity contribution in [3.8, 4) is 0 Å². The first kappa shape index (κ1) is 61.6. The fraction of sp³-hybridized carbons (Fsp3) is 0.922. The molecule has 2 rings (SSSR count). The number of amides is 4. The zero-order valence-electron chi connectivity index (χ0n) is 43.7. The topological polar surface area (TPSA) is 199 Å². The highest BCUT2D eigenvalue weighted by atomic mass is 16.8. The number of rotatable bonds is 40. The molecule has 398 valence electrons. The molecule has 0 bridgehead atoms. The molecule has 2 heterocycles. The molecule has 0 aromatic carbocycles. The van der Waals surface area contributed by atoms with Gasteiger partial charge in [-0.3, -0.25) is 19.2 Å². The van der Waals surface area contributed by atoms with Crippen LogP contribution in [0.4, 0.5) is 0 Å². The summed E-state index contributed by atoms with van der Waals surface area (Å²) < 4.78 is 53.6. The number of hydrogen-bond donors (Lipinski definition) is 4. The summed E-state index contributed by atoms with van der Waals surface area (Å²) in [5.74, 6) is -1.84. The van der Waals surface area contributed by atoms with E-state index in [4.69, 9.17) is 42.6 Å². The Morgan fingerprint density at radius 2 is 0.956 bits per heavy atom. The lowest BCUT2D eigenvalue weighted by Gasteiger charge is -2.49. The van der Waals surface area contributed by atoms with Gasteiger partial charge in [-0.15, -0.1) is 0 Å². The normalized spacial score (nSPS) is 25.4. The van der Waals surface area contributed by atoms with Gasteiger partial charge in [0.1, 0.15) is 36.6 Å². The van der Waals surface area contributed by atoms with E-state index in [0.29, 0.717) is 13.1 Å². The van der Waals surface area contributed by atoms with Gasteiger partial charge in [0.15, 0.2) is 12.6 Å². The van der Waals surface area contributed by atoms with Gasteiger partial charge in [0.05, 0.1) is 25.2 Å². The SMILES string of the molecule is CCCCCCCCCCCCNC(=O)C[C@H](NC(=O)CCC(=O)NCC1O[C@H](O[C@@H]2C(COC)O[C@H](OC)C(OC)[C@H]2OC)C(OC)[C@@H](OC)[C@@H]1C)C(=O)NCCCCCCCCCCCC. The first-order chi connectivity index (χ1) is 33.0. The molecule has 11 atom stereocenters. The summed E-state index contributed by atoms with van der Waals surface area (Å²) in [5.41, 5.74) is 0. The number of unbranched alkanes of at least 4 members (excludes halogenated alkanes) is 18. The maximum Gasteiger partial charge on any atom is 0.243 e. The summed E-state index contributed by atoms with van der Waals surface area (Å²) in [5, 5.41) is 11.5. The molecular weight excluding hydrogens is 877 g/mol. The van der Waals surface area contributed by atoms with Crippen molar-refractivity contribution in [3.63, 3.8) is 0 Å². The molecule has 17 heteroatoms. The zero-order chi connectivity index (χ0) is 49.9. The predicted octanol–water partition coefficient (Wildman–Crippen LogP) is 6.66. The van der Waals surface area contributed by atoms with E-state index >= 15 is 0 Å². The van der Waals surface area contributed by atoms with Crippen molar-refractivity contribution in [2.45, 2.75) is 230 Å². The molecule has 2 aliphatic rings. The van der Waals surface area contributed by atoms with Crippen molar-refractivity contribution in [1.29, 1.82) is 0 Å². The fourth-order valence-electron chi connectivity index (χ4n) is 9.23. The van der Waals surface area contributed by atoms with Crippen molar-refractivity contribution in [2.24, 2.45) is 5.92 Å². The van der Waals surface area contributed by atoms with Crippen LogP contribution >= 0.6 is 0 Å². The van der Waals surface area contributed by atoms with Gasteiger partial charge in [-0.1, -0.05) is 136 Å². The van der Waals surface area contributed by atoms with E-state index in [1.165, 1.54) is 104 Å². The first-order valence-electron chi connectivity index (χ1n) is 26.2. The minimum absolute atomic E-state index is 0.0871. The lowest BCUT2D eigenvalue weighted by Crippen LogP contribution is -2.65. The van der Waals surface area contributed by atoms with Crippen molar-refractivity contribution in [1.82, 2.24) is 21.3 Å². The van der Waals surface area contributed by atoms with Gasteiger partial charge in [0, 0.05) is 81.1 Å². The van der Waals surface area contributed by atoms with Gasteiger partial charge >= 0.3 is 0 Å². The smallest absolute Gasteiger partial charge is 0.243 e. The Hall–Kier alpha value is -2.48. The molecule has 4 N–H and O–H groups in total. The van der Waals surface area contributed by atoms with Crippen LogP contribution in [0.25, 0.3) is 0 Å². The van der Waals surface area contributed by atoms with Crippen LogP contribution in [0.1, 0.15) is 168 Å². The van der Waals surface area contributed by atoms with Gasteiger partial charge in [-0.05, 0) is 12.8 Å². The third-order valence-corrected chi connectivity index (χ3v) is 13.3. The molecule has 2 aliphatic heterocycles. The number of ether oxygens (including phenoxy) is 9. The van der Waals surface area contributed by atoms with E-state index in [1.807, 2.05) is 6.92 Å². The molecule has 4 unspecified atom stereocenters. The number of carbonyl (C=O) groups is 4. The highest BCUT2D eigenvalue weighted by molar-refractivity contribution is 5.92. The molecule has 4 amide bonds. The van der Waals surface area contributed by atoms with Crippen LogP contribution in [0, 0.1) is 5.92 Å². The van der Waals surface area contributed by atoms with Gasteiger partial charge in [-0.25, -0.2) is 0 Å². The number of methoxy groups -OCH3 is 6. The Kier molecular flexibility index (Phi) is 34.7. The Bertz CT molecular complexity index is 1330. The average molecular weight is 973 g/mol. The quantitative estimate of drug-likeness (QED) is 0.0476. The zero-order valence-corrected chi connectivity index (χ0v) is 43.7. The van der Waals surface area contributed by atoms with Crippen molar-refractivity contribution in [3.05, 3.63) is 0 Å². The van der Waals surface area contributed by atoms with Gasteiger partial charge in [-0.2, -0.15) is 0 Å². The fourth-order valence-corrected chi connectivity index (χ4v) is 9.23. The molecule has 2 fully saturated rings. The van der Waals surface area contributed by atoms with Crippen LogP contribution in [0.3, 0.4) is 0 Å². The molecule has 0 aliphatic carbocycles. The van der Waals surface area contributed by atoms with Gasteiger partial charge in [0.2, 0.25) is 23.6 Å². The largest absolute Gasteiger partial charge is 0.382 e. The maximum atomic E-state index is 13.4. The molecule has 2 saturated heterocycles.